The van der Waals surface area contributed by atoms with Crippen LogP contribution in [0.3, 0.4) is 0 Å². The van der Waals surface area contributed by atoms with Crippen molar-refractivity contribution in [3.8, 4) is 0 Å². The number of amides is 1. The zero-order chi connectivity index (χ0) is 24.4. The molecule has 0 spiro atoms. The van der Waals surface area contributed by atoms with Crippen molar-refractivity contribution in [1.82, 2.24) is 10.6 Å². The fraction of sp³-hybridized carbons (Fsp3) is 0.565. The minimum Gasteiger partial charge on any atom is -0.468 e. The molecule has 1 amide bonds. The Hall–Kier alpha value is -3.14. The first-order valence-electron chi connectivity index (χ1n) is 10.8. The molecule has 33 heavy (non-hydrogen) atoms. The van der Waals surface area contributed by atoms with Crippen molar-refractivity contribution in [3.63, 3.8) is 0 Å². The highest BCUT2D eigenvalue weighted by atomic mass is 16.6. The maximum Gasteiger partial charge on any atom is 0.408 e. The molecule has 1 heterocycles. The van der Waals surface area contributed by atoms with Gasteiger partial charge in [-0.3, -0.25) is 14.9 Å². The first kappa shape index (κ1) is 26.1. The summed E-state index contributed by atoms with van der Waals surface area (Å²) in [7, 11) is 1.28. The number of rotatable bonds is 8. The monoisotopic (exact) mass is 464 g/mol. The van der Waals surface area contributed by atoms with Crippen LogP contribution >= 0.6 is 0 Å². The number of carbonyl (C=O) groups is 4. The third-order valence-electron chi connectivity index (χ3n) is 4.75. The van der Waals surface area contributed by atoms with Gasteiger partial charge >= 0.3 is 24.0 Å². The number of carbonyl (C=O) groups excluding carboxylic acids is 4. The van der Waals surface area contributed by atoms with Gasteiger partial charge in [-0.2, -0.15) is 0 Å². The van der Waals surface area contributed by atoms with Gasteiger partial charge in [0.25, 0.3) is 0 Å². The quantitative estimate of drug-likeness (QED) is 0.437. The summed E-state index contributed by atoms with van der Waals surface area (Å²) in [5, 5.41) is 5.29. The SMILES string of the molecule is COC(=O)C1CCC[C@H](C(=O)OC[C@H](NC(=O)OC(C)(C)C)C(=O)OCc2ccccc2)N1. The molecule has 0 radical (unpaired) electrons. The van der Waals surface area contributed by atoms with E-state index in [0.29, 0.717) is 19.3 Å². The van der Waals surface area contributed by atoms with Gasteiger partial charge in [0.15, 0.2) is 6.04 Å². The highest BCUT2D eigenvalue weighted by Crippen LogP contribution is 2.15. The smallest absolute Gasteiger partial charge is 0.408 e. The summed E-state index contributed by atoms with van der Waals surface area (Å²) >= 11 is 0. The summed E-state index contributed by atoms with van der Waals surface area (Å²) in [4.78, 5) is 49.1. The van der Waals surface area contributed by atoms with Crippen LogP contribution in [0, 0.1) is 0 Å². The van der Waals surface area contributed by atoms with Crippen LogP contribution in [0.25, 0.3) is 0 Å². The maximum absolute atomic E-state index is 12.6. The normalized spacial score (nSPS) is 19.0. The zero-order valence-electron chi connectivity index (χ0n) is 19.4. The maximum atomic E-state index is 12.6. The van der Waals surface area contributed by atoms with Crippen LogP contribution in [0.1, 0.15) is 45.6 Å². The van der Waals surface area contributed by atoms with Gasteiger partial charge in [-0.25, -0.2) is 9.59 Å². The molecule has 1 aliphatic heterocycles. The van der Waals surface area contributed by atoms with Crippen molar-refractivity contribution in [3.05, 3.63) is 35.9 Å². The standard InChI is InChI=1S/C23H32N2O8/c1-23(2,3)33-22(29)25-18(21(28)31-13-15-9-6-5-7-10-15)14-32-20(27)17-12-8-11-16(24-17)19(26)30-4/h5-7,9-10,16-18,24H,8,11-14H2,1-4H3,(H,25,29)/t16?,17-,18+/m1/s1. The Morgan fingerprint density at radius 1 is 1.03 bits per heavy atom. The van der Waals surface area contributed by atoms with Crippen LogP contribution < -0.4 is 10.6 Å². The molecule has 2 N–H and O–H groups in total. The third-order valence-corrected chi connectivity index (χ3v) is 4.75. The van der Waals surface area contributed by atoms with Crippen molar-refractivity contribution < 1.29 is 38.1 Å². The summed E-state index contributed by atoms with van der Waals surface area (Å²) in [6.07, 6.45) is 0.799. The molecule has 10 nitrogen and oxygen atoms in total. The van der Waals surface area contributed by atoms with Crippen LogP contribution in [0.15, 0.2) is 30.3 Å². The van der Waals surface area contributed by atoms with E-state index in [2.05, 4.69) is 10.6 Å². The van der Waals surface area contributed by atoms with E-state index >= 15 is 0 Å². The number of alkyl carbamates (subject to hydrolysis) is 1. The molecule has 3 atom stereocenters. The number of piperidine rings is 1. The van der Waals surface area contributed by atoms with Crippen molar-refractivity contribution >= 4 is 24.0 Å². The van der Waals surface area contributed by atoms with Gasteiger partial charge in [-0.1, -0.05) is 30.3 Å². The minimum absolute atomic E-state index is 0.00882. The lowest BCUT2D eigenvalue weighted by molar-refractivity contribution is -0.155. The summed E-state index contributed by atoms with van der Waals surface area (Å²) in [6.45, 7) is 4.59. The lowest BCUT2D eigenvalue weighted by Crippen LogP contribution is -2.52. The number of esters is 3. The molecule has 1 aliphatic rings. The first-order valence-corrected chi connectivity index (χ1v) is 10.8. The summed E-state index contributed by atoms with van der Waals surface area (Å²) < 4.78 is 20.5. The second-order valence-electron chi connectivity index (χ2n) is 8.65. The van der Waals surface area contributed by atoms with Gasteiger partial charge in [0.05, 0.1) is 7.11 Å². The van der Waals surface area contributed by atoms with E-state index in [0.717, 1.165) is 5.56 Å². The molecular formula is C23H32N2O8. The lowest BCUT2D eigenvalue weighted by Gasteiger charge is -2.28. The van der Waals surface area contributed by atoms with Gasteiger partial charge in [-0.05, 0) is 45.6 Å². The van der Waals surface area contributed by atoms with Crippen molar-refractivity contribution in [2.45, 2.75) is 70.4 Å². The van der Waals surface area contributed by atoms with Gasteiger partial charge in [-0.15, -0.1) is 0 Å². The molecule has 0 bridgehead atoms. The van der Waals surface area contributed by atoms with Crippen LogP contribution in [-0.2, 0) is 39.9 Å². The fourth-order valence-electron chi connectivity index (χ4n) is 3.16. The number of hydrogen-bond donors (Lipinski definition) is 2. The van der Waals surface area contributed by atoms with Crippen molar-refractivity contribution in [2.75, 3.05) is 13.7 Å². The largest absolute Gasteiger partial charge is 0.468 e. The first-order chi connectivity index (χ1) is 15.6. The average Bonchev–Trinajstić information content (AvgIpc) is 2.79. The van der Waals surface area contributed by atoms with Gasteiger partial charge < -0.3 is 24.3 Å². The minimum atomic E-state index is -1.27. The summed E-state index contributed by atoms with van der Waals surface area (Å²) in [5.74, 6) is -1.88. The molecule has 1 fully saturated rings. The summed E-state index contributed by atoms with van der Waals surface area (Å²) in [6, 6.07) is 6.42. The second-order valence-corrected chi connectivity index (χ2v) is 8.65. The molecule has 1 saturated heterocycles. The van der Waals surface area contributed by atoms with Gasteiger partial charge in [0, 0.05) is 0 Å². The van der Waals surface area contributed by atoms with Crippen LogP contribution in [0.2, 0.25) is 0 Å². The number of benzene rings is 1. The lowest BCUT2D eigenvalue weighted by atomic mass is 9.98. The molecule has 0 saturated carbocycles. The van der Waals surface area contributed by atoms with Gasteiger partial charge in [0.2, 0.25) is 0 Å². The molecule has 2 rings (SSSR count). The predicted molar refractivity (Wildman–Crippen MR) is 117 cm³/mol. The Kier molecular flexibility index (Phi) is 9.65. The van der Waals surface area contributed by atoms with E-state index in [-0.39, 0.29) is 6.61 Å². The fourth-order valence-corrected chi connectivity index (χ4v) is 3.16. The Bertz CT molecular complexity index is 822. The van der Waals surface area contributed by atoms with E-state index in [9.17, 15) is 19.2 Å². The van der Waals surface area contributed by atoms with E-state index in [1.165, 1.54) is 7.11 Å². The van der Waals surface area contributed by atoms with E-state index in [4.69, 9.17) is 18.9 Å². The Labute approximate surface area is 193 Å². The number of ether oxygens (including phenoxy) is 4. The number of nitrogens with one attached hydrogen (secondary N) is 2. The zero-order valence-corrected chi connectivity index (χ0v) is 19.4. The van der Waals surface area contributed by atoms with E-state index < -0.39 is 54.3 Å². The molecule has 10 heteroatoms. The topological polar surface area (TPSA) is 129 Å². The van der Waals surface area contributed by atoms with Crippen LogP contribution in [-0.4, -0.2) is 61.4 Å². The third kappa shape index (κ3) is 9.09. The van der Waals surface area contributed by atoms with E-state index in [1.54, 1.807) is 45.0 Å². The van der Waals surface area contributed by atoms with E-state index in [1.807, 2.05) is 6.07 Å². The second kappa shape index (κ2) is 12.2. The van der Waals surface area contributed by atoms with Crippen LogP contribution in [0.4, 0.5) is 4.79 Å². The van der Waals surface area contributed by atoms with Crippen molar-refractivity contribution in [2.24, 2.45) is 0 Å². The van der Waals surface area contributed by atoms with Crippen molar-refractivity contribution in [1.29, 1.82) is 0 Å². The Balaban J connectivity index is 1.98. The molecule has 0 aliphatic carbocycles. The Morgan fingerprint density at radius 2 is 1.67 bits per heavy atom. The molecular weight excluding hydrogens is 432 g/mol. The summed E-state index contributed by atoms with van der Waals surface area (Å²) in [5.41, 5.74) is -0.0205. The number of methoxy groups -OCH3 is 1. The highest BCUT2D eigenvalue weighted by Gasteiger charge is 2.33. The molecule has 0 aromatic heterocycles. The highest BCUT2D eigenvalue weighted by molar-refractivity contribution is 5.83. The molecule has 1 aromatic rings. The van der Waals surface area contributed by atoms with Gasteiger partial charge in [0.1, 0.15) is 30.9 Å². The number of hydrogen-bond acceptors (Lipinski definition) is 9. The predicted octanol–water partition coefficient (Wildman–Crippen LogP) is 1.85. The molecule has 1 aromatic carbocycles. The molecule has 1 unspecified atom stereocenters. The Morgan fingerprint density at radius 3 is 2.27 bits per heavy atom. The molecule has 182 valence electrons. The van der Waals surface area contributed by atoms with Crippen LogP contribution in [0.5, 0.6) is 0 Å². The average molecular weight is 465 g/mol.